The maximum absolute atomic E-state index is 12.6. The van der Waals surface area contributed by atoms with Gasteiger partial charge in [-0.3, -0.25) is 0 Å². The molecule has 0 bridgehead atoms. The maximum atomic E-state index is 12.6. The predicted molar refractivity (Wildman–Crippen MR) is 106 cm³/mol. The third kappa shape index (κ3) is 3.57. The molecule has 28 heavy (non-hydrogen) atoms. The highest BCUT2D eigenvalue weighted by molar-refractivity contribution is 6.30. The second-order valence-corrected chi connectivity index (χ2v) is 7.09. The van der Waals surface area contributed by atoms with E-state index in [0.29, 0.717) is 36.2 Å². The number of hydrogen-bond acceptors (Lipinski definition) is 4. The lowest BCUT2D eigenvalue weighted by Crippen LogP contribution is -2.42. The first-order valence-electron chi connectivity index (χ1n) is 8.97. The van der Waals surface area contributed by atoms with Crippen LogP contribution in [0.4, 0.5) is 4.79 Å². The molecule has 4 rings (SSSR count). The molecule has 8 heteroatoms. The van der Waals surface area contributed by atoms with Gasteiger partial charge in [0.05, 0.1) is 31.5 Å². The van der Waals surface area contributed by atoms with Crippen molar-refractivity contribution < 1.29 is 14.3 Å². The molecular weight excluding hydrogens is 380 g/mol. The number of ether oxygens (including phenoxy) is 2. The lowest BCUT2D eigenvalue weighted by atomic mass is 9.99. The number of amides is 2. The van der Waals surface area contributed by atoms with Gasteiger partial charge in [0.25, 0.3) is 0 Å². The van der Waals surface area contributed by atoms with Crippen molar-refractivity contribution in [2.24, 2.45) is 0 Å². The smallest absolute Gasteiger partial charge is 0.318 e. The summed E-state index contributed by atoms with van der Waals surface area (Å²) >= 11 is 6.00. The largest absolute Gasteiger partial charge is 0.493 e. The fourth-order valence-electron chi connectivity index (χ4n) is 3.44. The molecule has 3 aromatic rings. The van der Waals surface area contributed by atoms with E-state index in [0.717, 1.165) is 23.3 Å². The quantitative estimate of drug-likeness (QED) is 0.729. The summed E-state index contributed by atoms with van der Waals surface area (Å²) in [6.45, 7) is 1.53. The highest BCUT2D eigenvalue weighted by Crippen LogP contribution is 2.33. The number of nitrogens with one attached hydrogen (secondary N) is 1. The molecule has 0 unspecified atom stereocenters. The van der Waals surface area contributed by atoms with E-state index in [1.807, 2.05) is 28.8 Å². The van der Waals surface area contributed by atoms with Gasteiger partial charge in [0.1, 0.15) is 5.65 Å². The number of imidazole rings is 1. The molecule has 146 valence electrons. The van der Waals surface area contributed by atoms with E-state index in [1.165, 1.54) is 5.56 Å². The Morgan fingerprint density at radius 3 is 2.68 bits per heavy atom. The number of carbonyl (C=O) groups is 1. The topological polar surface area (TPSA) is 68.1 Å². The van der Waals surface area contributed by atoms with Gasteiger partial charge < -0.3 is 24.1 Å². The first-order chi connectivity index (χ1) is 13.6. The van der Waals surface area contributed by atoms with Gasteiger partial charge in [0, 0.05) is 25.5 Å². The molecule has 1 N–H and O–H groups in total. The Balaban J connectivity index is 1.43. The van der Waals surface area contributed by atoms with Gasteiger partial charge in [-0.25, -0.2) is 9.78 Å². The molecule has 0 fully saturated rings. The number of hydrogen-bond donors (Lipinski definition) is 1. The van der Waals surface area contributed by atoms with E-state index in [1.54, 1.807) is 31.4 Å². The number of urea groups is 1. The van der Waals surface area contributed by atoms with Gasteiger partial charge >= 0.3 is 6.03 Å². The molecule has 3 heterocycles. The molecule has 1 aliphatic rings. The standard InChI is InChI=1S/C20H21ClN4O3/c1-27-17-7-13-5-6-24(10-14(13)8-18(17)28-2)20(26)22-9-16-12-25-11-15(21)3-4-19(25)23-16/h3-4,7-8,11-12H,5-6,9-10H2,1-2H3,(H,22,26). The SMILES string of the molecule is COc1cc2c(cc1OC)CN(C(=O)NCc1cn3cc(Cl)ccc3n1)CC2. The molecule has 7 nitrogen and oxygen atoms in total. The van der Waals surface area contributed by atoms with Crippen molar-refractivity contribution in [3.05, 3.63) is 58.5 Å². The van der Waals surface area contributed by atoms with E-state index in [9.17, 15) is 4.79 Å². The van der Waals surface area contributed by atoms with Crippen molar-refractivity contribution in [2.75, 3.05) is 20.8 Å². The minimum atomic E-state index is -0.115. The molecule has 1 aromatic carbocycles. The summed E-state index contributed by atoms with van der Waals surface area (Å²) < 4.78 is 12.6. The average Bonchev–Trinajstić information content (AvgIpc) is 3.12. The fourth-order valence-corrected chi connectivity index (χ4v) is 3.61. The third-order valence-corrected chi connectivity index (χ3v) is 5.11. The van der Waals surface area contributed by atoms with E-state index in [-0.39, 0.29) is 6.03 Å². The van der Waals surface area contributed by atoms with Crippen LogP contribution in [-0.2, 0) is 19.5 Å². The monoisotopic (exact) mass is 400 g/mol. The van der Waals surface area contributed by atoms with Crippen LogP contribution in [0.5, 0.6) is 11.5 Å². The van der Waals surface area contributed by atoms with Gasteiger partial charge in [-0.1, -0.05) is 11.6 Å². The van der Waals surface area contributed by atoms with Gasteiger partial charge in [-0.2, -0.15) is 0 Å². The van der Waals surface area contributed by atoms with Crippen LogP contribution in [0.1, 0.15) is 16.8 Å². The Morgan fingerprint density at radius 2 is 1.93 bits per heavy atom. The number of pyridine rings is 1. The Bertz CT molecular complexity index is 1030. The lowest BCUT2D eigenvalue weighted by Gasteiger charge is -2.29. The minimum Gasteiger partial charge on any atom is -0.493 e. The summed E-state index contributed by atoms with van der Waals surface area (Å²) in [5.41, 5.74) is 3.82. The van der Waals surface area contributed by atoms with Gasteiger partial charge in [-0.15, -0.1) is 0 Å². The highest BCUT2D eigenvalue weighted by atomic mass is 35.5. The predicted octanol–water partition coefficient (Wildman–Crippen LogP) is 3.27. The average molecular weight is 401 g/mol. The molecule has 0 spiro atoms. The van der Waals surface area contributed by atoms with Crippen LogP contribution in [0.3, 0.4) is 0 Å². The van der Waals surface area contributed by atoms with Crippen molar-refractivity contribution in [3.63, 3.8) is 0 Å². The number of rotatable bonds is 4. The Kier molecular flexibility index (Phi) is 5.00. The number of carbonyl (C=O) groups excluding carboxylic acids is 1. The molecule has 0 atom stereocenters. The molecule has 2 amide bonds. The van der Waals surface area contributed by atoms with E-state index in [4.69, 9.17) is 21.1 Å². The van der Waals surface area contributed by atoms with E-state index < -0.39 is 0 Å². The zero-order chi connectivity index (χ0) is 19.7. The Morgan fingerprint density at radius 1 is 1.18 bits per heavy atom. The van der Waals surface area contributed by atoms with E-state index in [2.05, 4.69) is 10.3 Å². The van der Waals surface area contributed by atoms with Crippen molar-refractivity contribution in [2.45, 2.75) is 19.5 Å². The van der Waals surface area contributed by atoms with Gasteiger partial charge in [0.2, 0.25) is 0 Å². The molecular formula is C20H21ClN4O3. The zero-order valence-corrected chi connectivity index (χ0v) is 16.5. The molecule has 2 aromatic heterocycles. The van der Waals surface area contributed by atoms with Crippen LogP contribution in [-0.4, -0.2) is 41.1 Å². The second kappa shape index (κ2) is 7.59. The molecule has 0 saturated heterocycles. The summed E-state index contributed by atoms with van der Waals surface area (Å²) in [5.74, 6) is 1.39. The van der Waals surface area contributed by atoms with Crippen molar-refractivity contribution >= 4 is 23.3 Å². The van der Waals surface area contributed by atoms with Crippen molar-refractivity contribution in [1.82, 2.24) is 19.6 Å². The minimum absolute atomic E-state index is 0.115. The normalized spacial score (nSPS) is 13.3. The third-order valence-electron chi connectivity index (χ3n) is 4.89. The number of fused-ring (bicyclic) bond motifs is 2. The summed E-state index contributed by atoms with van der Waals surface area (Å²) in [6.07, 6.45) is 4.43. The van der Waals surface area contributed by atoms with Crippen molar-refractivity contribution in [3.8, 4) is 11.5 Å². The second-order valence-electron chi connectivity index (χ2n) is 6.65. The molecule has 0 aliphatic carbocycles. The summed E-state index contributed by atoms with van der Waals surface area (Å²) in [7, 11) is 3.24. The first-order valence-corrected chi connectivity index (χ1v) is 9.35. The van der Waals surface area contributed by atoms with Gasteiger partial charge in [-0.05, 0) is 41.8 Å². The zero-order valence-electron chi connectivity index (χ0n) is 15.7. The lowest BCUT2D eigenvalue weighted by molar-refractivity contribution is 0.191. The summed E-state index contributed by atoms with van der Waals surface area (Å²) in [4.78, 5) is 18.9. The number of nitrogens with zero attached hydrogens (tertiary/aromatic N) is 3. The maximum Gasteiger partial charge on any atom is 0.318 e. The highest BCUT2D eigenvalue weighted by Gasteiger charge is 2.22. The van der Waals surface area contributed by atoms with Crippen molar-refractivity contribution in [1.29, 1.82) is 0 Å². The van der Waals surface area contributed by atoms with Crippen LogP contribution < -0.4 is 14.8 Å². The fraction of sp³-hybridized carbons (Fsp3) is 0.300. The van der Waals surface area contributed by atoms with Crippen LogP contribution >= 0.6 is 11.6 Å². The van der Waals surface area contributed by atoms with Crippen LogP contribution in [0, 0.1) is 0 Å². The summed E-state index contributed by atoms with van der Waals surface area (Å²) in [6, 6.07) is 7.46. The van der Waals surface area contributed by atoms with Gasteiger partial charge in [0.15, 0.2) is 11.5 Å². The molecule has 1 aliphatic heterocycles. The number of aromatic nitrogens is 2. The Hall–Kier alpha value is -2.93. The van der Waals surface area contributed by atoms with Crippen LogP contribution in [0.15, 0.2) is 36.7 Å². The number of methoxy groups -OCH3 is 2. The Labute approximate surface area is 167 Å². The van der Waals surface area contributed by atoms with Crippen LogP contribution in [0.25, 0.3) is 5.65 Å². The molecule has 0 radical (unpaired) electrons. The first kappa shape index (κ1) is 18.4. The summed E-state index contributed by atoms with van der Waals surface area (Å²) in [5, 5.41) is 3.59. The number of benzene rings is 1. The van der Waals surface area contributed by atoms with E-state index >= 15 is 0 Å². The number of halogens is 1. The molecule has 0 saturated carbocycles. The van der Waals surface area contributed by atoms with Crippen LogP contribution in [0.2, 0.25) is 5.02 Å².